The molecule has 0 radical (unpaired) electrons. The van der Waals surface area contributed by atoms with E-state index in [2.05, 4.69) is 15.3 Å². The number of hydrogen-bond donors (Lipinski definition) is 3. The maximum absolute atomic E-state index is 13.2. The van der Waals surface area contributed by atoms with Crippen LogP contribution in [-0.2, 0) is 23.1 Å². The highest BCUT2D eigenvalue weighted by Crippen LogP contribution is 2.33. The lowest BCUT2D eigenvalue weighted by Crippen LogP contribution is -2.12. The van der Waals surface area contributed by atoms with Crippen LogP contribution in [-0.4, -0.2) is 24.3 Å². The first-order chi connectivity index (χ1) is 17.5. The summed E-state index contributed by atoms with van der Waals surface area (Å²) < 4.78 is 35.4. The summed E-state index contributed by atoms with van der Waals surface area (Å²) in [4.78, 5) is 20.4. The van der Waals surface area contributed by atoms with E-state index < -0.39 is 21.0 Å². The monoisotopic (exact) mass is 559 g/mol. The molecule has 0 aliphatic carbocycles. The summed E-state index contributed by atoms with van der Waals surface area (Å²) in [5.41, 5.74) is 15.4. The van der Waals surface area contributed by atoms with Crippen LogP contribution in [0, 0.1) is 0 Å². The van der Waals surface area contributed by atoms with Crippen LogP contribution in [0.3, 0.4) is 0 Å². The third kappa shape index (κ3) is 6.34. The van der Waals surface area contributed by atoms with Crippen LogP contribution in [0.4, 0.5) is 21.3 Å². The van der Waals surface area contributed by atoms with Crippen LogP contribution in [0.2, 0.25) is 10.0 Å². The van der Waals surface area contributed by atoms with E-state index in [4.69, 9.17) is 34.7 Å². The fraction of sp³-hybridized carbons (Fsp3) is 0.0800. The van der Waals surface area contributed by atoms with E-state index in [0.717, 1.165) is 17.7 Å². The number of aryl methyl sites for hydroxylation is 2. The molecule has 0 spiro atoms. The van der Waals surface area contributed by atoms with Gasteiger partial charge in [0.05, 0.1) is 20.6 Å². The zero-order valence-corrected chi connectivity index (χ0v) is 21.4. The van der Waals surface area contributed by atoms with Crippen LogP contribution in [0.15, 0.2) is 71.6 Å². The number of benzene rings is 3. The Morgan fingerprint density at radius 1 is 0.919 bits per heavy atom. The van der Waals surface area contributed by atoms with Crippen molar-refractivity contribution in [1.82, 2.24) is 9.97 Å². The average molecular weight is 560 g/mol. The lowest BCUT2D eigenvalue weighted by atomic mass is 9.99. The first-order valence-corrected chi connectivity index (χ1v) is 13.0. The molecule has 0 aliphatic heterocycles. The van der Waals surface area contributed by atoms with Crippen molar-refractivity contribution in [2.45, 2.75) is 17.7 Å². The summed E-state index contributed by atoms with van der Waals surface area (Å²) in [6.45, 7) is 0. The minimum absolute atomic E-state index is 0.0107. The number of carbonyl (C=O) groups is 1. The van der Waals surface area contributed by atoms with Crippen molar-refractivity contribution < 1.29 is 17.1 Å². The highest BCUT2D eigenvalue weighted by molar-refractivity contribution is 7.86. The van der Waals surface area contributed by atoms with Crippen LogP contribution in [0.25, 0.3) is 11.1 Å². The van der Waals surface area contributed by atoms with Gasteiger partial charge in [-0.3, -0.25) is 4.79 Å². The number of rotatable bonds is 7. The minimum Gasteiger partial charge on any atom is -0.383 e. The fourth-order valence-corrected chi connectivity index (χ4v) is 4.51. The van der Waals surface area contributed by atoms with Crippen molar-refractivity contribution >= 4 is 56.8 Å². The molecule has 0 aliphatic rings. The molecule has 37 heavy (non-hydrogen) atoms. The van der Waals surface area contributed by atoms with Gasteiger partial charge >= 0.3 is 10.2 Å². The SMILES string of the molecule is Nc1nc(N)c(-c2ccc(Cl)c(Cl)c2)c(CCc2ccc(NC(=O)c3cccc(S(=O)(=O)F)c3)cc2)n1. The van der Waals surface area contributed by atoms with Crippen molar-refractivity contribution in [2.75, 3.05) is 16.8 Å². The lowest BCUT2D eigenvalue weighted by Gasteiger charge is -2.13. The van der Waals surface area contributed by atoms with Gasteiger partial charge in [0.1, 0.15) is 5.82 Å². The zero-order chi connectivity index (χ0) is 26.7. The Balaban J connectivity index is 1.48. The number of hydrogen-bond acceptors (Lipinski definition) is 7. The van der Waals surface area contributed by atoms with E-state index in [1.54, 1.807) is 30.3 Å². The molecule has 0 unspecified atom stereocenters. The Hall–Kier alpha value is -3.73. The van der Waals surface area contributed by atoms with Gasteiger partial charge in [0.15, 0.2) is 0 Å². The van der Waals surface area contributed by atoms with Crippen molar-refractivity contribution in [2.24, 2.45) is 0 Å². The van der Waals surface area contributed by atoms with E-state index >= 15 is 0 Å². The van der Waals surface area contributed by atoms with Gasteiger partial charge in [-0.1, -0.05) is 47.5 Å². The number of carbonyl (C=O) groups excluding carboxylic acids is 1. The maximum Gasteiger partial charge on any atom is 0.332 e. The number of amides is 1. The molecule has 8 nitrogen and oxygen atoms in total. The highest BCUT2D eigenvalue weighted by Gasteiger charge is 2.16. The summed E-state index contributed by atoms with van der Waals surface area (Å²) in [5.74, 6) is -0.293. The van der Waals surface area contributed by atoms with Gasteiger partial charge in [-0.25, -0.2) is 4.98 Å². The predicted octanol–water partition coefficient (Wildman–Crippen LogP) is 5.31. The fourth-order valence-electron chi connectivity index (χ4n) is 3.70. The van der Waals surface area contributed by atoms with Crippen molar-refractivity contribution in [1.29, 1.82) is 0 Å². The van der Waals surface area contributed by atoms with E-state index in [0.29, 0.717) is 45.4 Å². The summed E-state index contributed by atoms with van der Waals surface area (Å²) in [7, 11) is -4.91. The van der Waals surface area contributed by atoms with Gasteiger partial charge in [-0.15, -0.1) is 3.89 Å². The molecule has 1 aromatic heterocycles. The quantitative estimate of drug-likeness (QED) is 0.260. The smallest absolute Gasteiger partial charge is 0.332 e. The molecule has 12 heteroatoms. The second kappa shape index (κ2) is 10.7. The first kappa shape index (κ1) is 26.3. The number of nitrogens with one attached hydrogen (secondary N) is 1. The van der Waals surface area contributed by atoms with Crippen LogP contribution in [0.1, 0.15) is 21.6 Å². The number of nitrogens with zero attached hydrogens (tertiary/aromatic N) is 2. The van der Waals surface area contributed by atoms with E-state index in [-0.39, 0.29) is 17.3 Å². The Morgan fingerprint density at radius 3 is 2.32 bits per heavy atom. The third-order valence-electron chi connectivity index (χ3n) is 5.48. The van der Waals surface area contributed by atoms with Gasteiger partial charge in [0, 0.05) is 16.8 Å². The minimum atomic E-state index is -4.91. The highest BCUT2D eigenvalue weighted by atomic mass is 35.5. The molecule has 190 valence electrons. The summed E-state index contributed by atoms with van der Waals surface area (Å²) >= 11 is 12.2. The van der Waals surface area contributed by atoms with Crippen molar-refractivity contribution in [3.8, 4) is 11.1 Å². The molecule has 0 atom stereocenters. The molecular weight excluding hydrogens is 540 g/mol. The lowest BCUT2D eigenvalue weighted by molar-refractivity contribution is 0.102. The third-order valence-corrected chi connectivity index (χ3v) is 7.03. The van der Waals surface area contributed by atoms with Crippen LogP contribution >= 0.6 is 23.2 Å². The Morgan fingerprint density at radius 2 is 1.65 bits per heavy atom. The van der Waals surface area contributed by atoms with Gasteiger partial charge in [0.25, 0.3) is 5.91 Å². The normalized spacial score (nSPS) is 11.3. The average Bonchev–Trinajstić information content (AvgIpc) is 2.85. The molecule has 0 fully saturated rings. The largest absolute Gasteiger partial charge is 0.383 e. The van der Waals surface area contributed by atoms with E-state index in [9.17, 15) is 17.1 Å². The van der Waals surface area contributed by atoms with Crippen LogP contribution < -0.4 is 16.8 Å². The molecular formula is C25H20Cl2FN5O3S. The predicted molar refractivity (Wildman–Crippen MR) is 143 cm³/mol. The molecule has 0 saturated carbocycles. The van der Waals surface area contributed by atoms with E-state index in [1.165, 1.54) is 12.1 Å². The molecule has 4 rings (SSSR count). The topological polar surface area (TPSA) is 141 Å². The second-order valence-electron chi connectivity index (χ2n) is 8.03. The number of anilines is 3. The van der Waals surface area contributed by atoms with Crippen LogP contribution in [0.5, 0.6) is 0 Å². The maximum atomic E-state index is 13.2. The van der Waals surface area contributed by atoms with Gasteiger partial charge in [-0.05, 0) is 66.4 Å². The first-order valence-electron chi connectivity index (χ1n) is 10.8. The van der Waals surface area contributed by atoms with Gasteiger partial charge in [0.2, 0.25) is 5.95 Å². The molecule has 1 heterocycles. The zero-order valence-electron chi connectivity index (χ0n) is 19.1. The number of halogens is 3. The standard InChI is InChI=1S/C25H20Cl2FN5O3S/c26-19-10-7-15(13-20(19)27)22-21(32-25(30)33-23(22)29)11-6-14-4-8-17(9-5-14)31-24(34)16-2-1-3-18(12-16)37(28,35)36/h1-5,7-10,12-13H,6,11H2,(H,31,34)(H4,29,30,32,33). The number of aromatic nitrogens is 2. The van der Waals surface area contributed by atoms with Gasteiger partial charge < -0.3 is 16.8 Å². The molecule has 3 aromatic carbocycles. The molecule has 0 saturated heterocycles. The summed E-state index contributed by atoms with van der Waals surface area (Å²) in [6.07, 6.45) is 1.07. The summed E-state index contributed by atoms with van der Waals surface area (Å²) in [5, 5.41) is 3.44. The molecule has 0 bridgehead atoms. The molecule has 5 N–H and O–H groups in total. The van der Waals surface area contributed by atoms with E-state index in [1.807, 2.05) is 12.1 Å². The molecule has 4 aromatic rings. The molecule has 1 amide bonds. The van der Waals surface area contributed by atoms with Gasteiger partial charge in [-0.2, -0.15) is 13.4 Å². The Labute approximate surface area is 222 Å². The summed E-state index contributed by atoms with van der Waals surface area (Å²) in [6, 6.07) is 16.9. The Kier molecular flexibility index (Phi) is 7.63. The Bertz CT molecular complexity index is 1600. The number of nitrogens with two attached hydrogens (primary N) is 2. The van der Waals surface area contributed by atoms with Crippen molar-refractivity contribution in [3.05, 3.63) is 93.6 Å². The second-order valence-corrected chi connectivity index (χ2v) is 10.2. The van der Waals surface area contributed by atoms with Crippen molar-refractivity contribution in [3.63, 3.8) is 0 Å². The number of nitrogen functional groups attached to an aromatic ring is 2.